The average Bonchev–Trinajstić information content (AvgIpc) is 3.38. The van der Waals surface area contributed by atoms with Crippen LogP contribution in [0, 0.1) is 23.7 Å². The van der Waals surface area contributed by atoms with Crippen molar-refractivity contribution >= 4 is 21.6 Å². The molecule has 4 bridgehead atoms. The van der Waals surface area contributed by atoms with Crippen LogP contribution in [0.25, 0.3) is 0 Å². The van der Waals surface area contributed by atoms with Crippen LogP contribution in [0.2, 0.25) is 0 Å². The molecule has 1 aliphatic heterocycles. The van der Waals surface area contributed by atoms with Gasteiger partial charge in [0.1, 0.15) is 0 Å². The molecule has 1 aromatic rings. The Morgan fingerprint density at radius 1 is 1.04 bits per heavy atom. The van der Waals surface area contributed by atoms with Crippen LogP contribution in [0.5, 0.6) is 0 Å². The first kappa shape index (κ1) is 17.5. The van der Waals surface area contributed by atoms with Gasteiger partial charge in [-0.15, -0.1) is 0 Å². The predicted octanol–water partition coefficient (Wildman–Crippen LogP) is 3.23. The number of fused-ring (bicyclic) bond motifs is 1. The SMILES string of the molecule is O=C(C1CC1)N1CCc2cc(S(=O)(=O)NC34CC5CC(CC(C5)C3)C4)ccc21. The summed E-state index contributed by atoms with van der Waals surface area (Å²) in [6, 6.07) is 5.34. The lowest BCUT2D eigenvalue weighted by Gasteiger charge is -2.56. The molecule has 0 spiro atoms. The van der Waals surface area contributed by atoms with E-state index in [9.17, 15) is 13.2 Å². The highest BCUT2D eigenvalue weighted by atomic mass is 32.2. The van der Waals surface area contributed by atoms with E-state index >= 15 is 0 Å². The summed E-state index contributed by atoms with van der Waals surface area (Å²) in [6.45, 7) is 0.677. The number of hydrogen-bond acceptors (Lipinski definition) is 3. The molecule has 6 aliphatic rings. The molecule has 1 amide bonds. The van der Waals surface area contributed by atoms with Crippen molar-refractivity contribution in [2.24, 2.45) is 23.7 Å². The number of amides is 1. The van der Waals surface area contributed by atoms with Crippen LogP contribution in [0.3, 0.4) is 0 Å². The average molecular weight is 401 g/mol. The van der Waals surface area contributed by atoms with Crippen molar-refractivity contribution < 1.29 is 13.2 Å². The molecule has 1 heterocycles. The van der Waals surface area contributed by atoms with Crippen LogP contribution < -0.4 is 9.62 Å². The summed E-state index contributed by atoms with van der Waals surface area (Å²) in [6.07, 6.45) is 9.64. The molecule has 5 nitrogen and oxygen atoms in total. The molecule has 0 atom stereocenters. The van der Waals surface area contributed by atoms with Crippen molar-refractivity contribution in [1.29, 1.82) is 0 Å². The first-order valence-electron chi connectivity index (χ1n) is 10.9. The topological polar surface area (TPSA) is 66.5 Å². The van der Waals surface area contributed by atoms with Crippen molar-refractivity contribution in [2.45, 2.75) is 68.2 Å². The largest absolute Gasteiger partial charge is 0.312 e. The molecular weight excluding hydrogens is 372 g/mol. The summed E-state index contributed by atoms with van der Waals surface area (Å²) in [5.41, 5.74) is 1.67. The molecule has 0 aromatic heterocycles. The maximum absolute atomic E-state index is 13.3. The number of nitrogens with zero attached hydrogens (tertiary/aromatic N) is 1. The van der Waals surface area contributed by atoms with Crippen LogP contribution in [-0.2, 0) is 21.2 Å². The van der Waals surface area contributed by atoms with Crippen molar-refractivity contribution in [2.75, 3.05) is 11.4 Å². The normalized spacial score (nSPS) is 36.0. The molecule has 28 heavy (non-hydrogen) atoms. The van der Waals surface area contributed by atoms with Gasteiger partial charge >= 0.3 is 0 Å². The minimum absolute atomic E-state index is 0.187. The first-order chi connectivity index (χ1) is 13.4. The monoisotopic (exact) mass is 400 g/mol. The van der Waals surface area contributed by atoms with E-state index in [4.69, 9.17) is 0 Å². The Balaban J connectivity index is 1.26. The second kappa shape index (κ2) is 5.82. The molecule has 5 fully saturated rings. The lowest BCUT2D eigenvalue weighted by Crippen LogP contribution is -2.59. The molecule has 1 N–H and O–H groups in total. The van der Waals surface area contributed by atoms with E-state index in [1.807, 2.05) is 11.0 Å². The van der Waals surface area contributed by atoms with E-state index in [-0.39, 0.29) is 17.4 Å². The second-order valence-electron chi connectivity index (χ2n) is 10.1. The van der Waals surface area contributed by atoms with Crippen LogP contribution in [0.1, 0.15) is 56.9 Å². The van der Waals surface area contributed by atoms with Gasteiger partial charge < -0.3 is 4.90 Å². The van der Waals surface area contributed by atoms with Gasteiger partial charge in [0.25, 0.3) is 0 Å². The summed E-state index contributed by atoms with van der Waals surface area (Å²) < 4.78 is 29.7. The Bertz CT molecular complexity index is 915. The zero-order chi connectivity index (χ0) is 19.1. The van der Waals surface area contributed by atoms with Gasteiger partial charge in [-0.05, 0) is 99.3 Å². The predicted molar refractivity (Wildman–Crippen MR) is 106 cm³/mol. The maximum Gasteiger partial charge on any atom is 0.241 e. The van der Waals surface area contributed by atoms with Gasteiger partial charge in [0.2, 0.25) is 15.9 Å². The van der Waals surface area contributed by atoms with Crippen LogP contribution in [0.15, 0.2) is 23.1 Å². The molecule has 0 radical (unpaired) electrons. The minimum Gasteiger partial charge on any atom is -0.312 e. The lowest BCUT2D eigenvalue weighted by atomic mass is 9.53. The fourth-order valence-corrected chi connectivity index (χ4v) is 8.39. The van der Waals surface area contributed by atoms with Gasteiger partial charge in [0.15, 0.2) is 0 Å². The van der Waals surface area contributed by atoms with Crippen LogP contribution >= 0.6 is 0 Å². The second-order valence-corrected chi connectivity index (χ2v) is 11.8. The third-order valence-electron chi connectivity index (χ3n) is 7.84. The van der Waals surface area contributed by atoms with E-state index in [1.165, 1.54) is 19.3 Å². The van der Waals surface area contributed by atoms with Crippen molar-refractivity contribution in [3.05, 3.63) is 23.8 Å². The number of rotatable bonds is 4. The van der Waals surface area contributed by atoms with Gasteiger partial charge in [0, 0.05) is 23.7 Å². The van der Waals surface area contributed by atoms with E-state index in [1.54, 1.807) is 12.1 Å². The van der Waals surface area contributed by atoms with Crippen molar-refractivity contribution in [3.63, 3.8) is 0 Å². The molecule has 5 saturated carbocycles. The molecular formula is C22H28N2O3S. The Morgan fingerprint density at radius 2 is 1.68 bits per heavy atom. The molecule has 5 aliphatic carbocycles. The first-order valence-corrected chi connectivity index (χ1v) is 12.4. The summed E-state index contributed by atoms with van der Waals surface area (Å²) in [7, 11) is -3.54. The van der Waals surface area contributed by atoms with Gasteiger partial charge in [0.05, 0.1) is 4.90 Å². The Hall–Kier alpha value is -1.40. The van der Waals surface area contributed by atoms with Gasteiger partial charge in [-0.3, -0.25) is 4.79 Å². The standard InChI is InChI=1S/C22H28N2O3S/c25-21(17-1-2-17)24-6-5-18-10-19(3-4-20(18)24)28(26,27)23-22-11-14-7-15(12-22)9-16(8-14)13-22/h3-4,10,14-17,23H,1-2,5-9,11-13H2. The Labute approximate surface area is 166 Å². The van der Waals surface area contributed by atoms with Crippen LogP contribution in [-0.4, -0.2) is 26.4 Å². The minimum atomic E-state index is -3.54. The Kier molecular flexibility index (Phi) is 3.63. The molecule has 6 heteroatoms. The number of benzene rings is 1. The van der Waals surface area contributed by atoms with Gasteiger partial charge in [-0.2, -0.15) is 0 Å². The highest BCUT2D eigenvalue weighted by molar-refractivity contribution is 7.89. The van der Waals surface area contributed by atoms with Gasteiger partial charge in [-0.1, -0.05) is 0 Å². The van der Waals surface area contributed by atoms with Crippen molar-refractivity contribution in [1.82, 2.24) is 4.72 Å². The molecule has 1 aromatic carbocycles. The van der Waals surface area contributed by atoms with Crippen molar-refractivity contribution in [3.8, 4) is 0 Å². The highest BCUT2D eigenvalue weighted by Gasteiger charge is 2.52. The molecule has 150 valence electrons. The summed E-state index contributed by atoms with van der Waals surface area (Å²) in [4.78, 5) is 14.7. The molecule has 0 unspecified atom stereocenters. The summed E-state index contributed by atoms with van der Waals surface area (Å²) in [5, 5.41) is 0. The third-order valence-corrected chi connectivity index (χ3v) is 9.41. The summed E-state index contributed by atoms with van der Waals surface area (Å²) in [5.74, 6) is 2.51. The zero-order valence-corrected chi connectivity index (χ0v) is 17.0. The number of sulfonamides is 1. The maximum atomic E-state index is 13.3. The summed E-state index contributed by atoms with van der Waals surface area (Å²) >= 11 is 0. The lowest BCUT2D eigenvalue weighted by molar-refractivity contribution is -0.119. The number of anilines is 1. The molecule has 0 saturated heterocycles. The van der Waals surface area contributed by atoms with Crippen LogP contribution in [0.4, 0.5) is 5.69 Å². The quantitative estimate of drug-likeness (QED) is 0.844. The third kappa shape index (κ3) is 2.75. The fraction of sp³-hybridized carbons (Fsp3) is 0.682. The van der Waals surface area contributed by atoms with E-state index in [0.717, 1.165) is 49.8 Å². The van der Waals surface area contributed by atoms with E-state index in [0.29, 0.717) is 29.2 Å². The number of nitrogens with one attached hydrogen (secondary N) is 1. The molecule has 7 rings (SSSR count). The van der Waals surface area contributed by atoms with Gasteiger partial charge in [-0.25, -0.2) is 13.1 Å². The van der Waals surface area contributed by atoms with E-state index < -0.39 is 10.0 Å². The number of carbonyl (C=O) groups is 1. The Morgan fingerprint density at radius 3 is 2.29 bits per heavy atom. The fourth-order valence-electron chi connectivity index (χ4n) is 6.90. The number of carbonyl (C=O) groups excluding carboxylic acids is 1. The highest BCUT2D eigenvalue weighted by Crippen LogP contribution is 2.56. The number of hydrogen-bond donors (Lipinski definition) is 1. The van der Waals surface area contributed by atoms with E-state index in [2.05, 4.69) is 4.72 Å². The smallest absolute Gasteiger partial charge is 0.241 e. The zero-order valence-electron chi connectivity index (χ0n) is 16.2.